The van der Waals surface area contributed by atoms with Crippen LogP contribution in [0.2, 0.25) is 0 Å². The molecule has 5 nitrogen and oxygen atoms in total. The Bertz CT molecular complexity index is 453. The summed E-state index contributed by atoms with van der Waals surface area (Å²) in [6, 6.07) is 3.52. The summed E-state index contributed by atoms with van der Waals surface area (Å²) in [5.74, 6) is 5.85. The SMILES string of the molecule is CCC1(C)CCN(C(=O)c2cccnc2NN)CC1. The molecular weight excluding hydrogens is 240 g/mol. The van der Waals surface area contributed by atoms with Gasteiger partial charge in [0.15, 0.2) is 5.82 Å². The molecule has 0 aromatic carbocycles. The maximum absolute atomic E-state index is 12.5. The van der Waals surface area contributed by atoms with Crippen molar-refractivity contribution in [2.45, 2.75) is 33.1 Å². The Labute approximate surface area is 114 Å². The first-order chi connectivity index (χ1) is 9.09. The van der Waals surface area contributed by atoms with Crippen LogP contribution in [-0.2, 0) is 0 Å². The predicted molar refractivity (Wildman–Crippen MR) is 75.6 cm³/mol. The van der Waals surface area contributed by atoms with Crippen molar-refractivity contribution in [3.63, 3.8) is 0 Å². The number of anilines is 1. The molecule has 1 aromatic heterocycles. The third-order valence-corrected chi connectivity index (χ3v) is 4.29. The highest BCUT2D eigenvalue weighted by Crippen LogP contribution is 2.34. The minimum absolute atomic E-state index is 0.0132. The fraction of sp³-hybridized carbons (Fsp3) is 0.571. The molecule has 1 aliphatic heterocycles. The van der Waals surface area contributed by atoms with E-state index in [9.17, 15) is 4.79 Å². The summed E-state index contributed by atoms with van der Waals surface area (Å²) >= 11 is 0. The monoisotopic (exact) mass is 262 g/mol. The second-order valence-corrected chi connectivity index (χ2v) is 5.50. The van der Waals surface area contributed by atoms with E-state index in [1.54, 1.807) is 18.3 Å². The number of hydrogen-bond donors (Lipinski definition) is 2. The first-order valence-electron chi connectivity index (χ1n) is 6.80. The summed E-state index contributed by atoms with van der Waals surface area (Å²) in [7, 11) is 0. The maximum Gasteiger partial charge on any atom is 0.257 e. The predicted octanol–water partition coefficient (Wildman–Crippen LogP) is 2.02. The number of pyridine rings is 1. The molecule has 0 bridgehead atoms. The van der Waals surface area contributed by atoms with Crippen molar-refractivity contribution < 1.29 is 4.79 Å². The second kappa shape index (κ2) is 5.57. The quantitative estimate of drug-likeness (QED) is 0.646. The van der Waals surface area contributed by atoms with Crippen LogP contribution in [0, 0.1) is 5.41 Å². The number of hydrazine groups is 1. The summed E-state index contributed by atoms with van der Waals surface area (Å²) < 4.78 is 0. The summed E-state index contributed by atoms with van der Waals surface area (Å²) in [6.07, 6.45) is 4.90. The zero-order valence-corrected chi connectivity index (χ0v) is 11.6. The van der Waals surface area contributed by atoms with Crippen LogP contribution in [0.3, 0.4) is 0 Å². The minimum Gasteiger partial charge on any atom is -0.338 e. The molecule has 0 spiro atoms. The van der Waals surface area contributed by atoms with Gasteiger partial charge in [0.05, 0.1) is 5.56 Å². The van der Waals surface area contributed by atoms with Crippen molar-refractivity contribution in [2.75, 3.05) is 18.5 Å². The van der Waals surface area contributed by atoms with E-state index in [4.69, 9.17) is 5.84 Å². The topological polar surface area (TPSA) is 71.2 Å². The number of amides is 1. The molecule has 1 amide bonds. The van der Waals surface area contributed by atoms with E-state index in [-0.39, 0.29) is 5.91 Å². The number of aromatic nitrogens is 1. The molecule has 104 valence electrons. The number of nitrogens with two attached hydrogens (primary N) is 1. The van der Waals surface area contributed by atoms with Crippen molar-refractivity contribution in [3.05, 3.63) is 23.9 Å². The Kier molecular flexibility index (Phi) is 4.04. The zero-order chi connectivity index (χ0) is 13.9. The van der Waals surface area contributed by atoms with Gasteiger partial charge in [-0.3, -0.25) is 4.79 Å². The Morgan fingerprint density at radius 1 is 1.53 bits per heavy atom. The van der Waals surface area contributed by atoms with E-state index in [0.29, 0.717) is 16.8 Å². The van der Waals surface area contributed by atoms with Crippen molar-refractivity contribution >= 4 is 11.7 Å². The van der Waals surface area contributed by atoms with Gasteiger partial charge >= 0.3 is 0 Å². The van der Waals surface area contributed by atoms with E-state index in [1.165, 1.54) is 0 Å². The van der Waals surface area contributed by atoms with Crippen LogP contribution in [0.15, 0.2) is 18.3 Å². The van der Waals surface area contributed by atoms with Crippen molar-refractivity contribution in [3.8, 4) is 0 Å². The van der Waals surface area contributed by atoms with Crippen LogP contribution in [0.25, 0.3) is 0 Å². The fourth-order valence-corrected chi connectivity index (χ4v) is 2.47. The van der Waals surface area contributed by atoms with E-state index in [0.717, 1.165) is 32.4 Å². The highest BCUT2D eigenvalue weighted by molar-refractivity contribution is 5.98. The van der Waals surface area contributed by atoms with Crippen molar-refractivity contribution in [1.82, 2.24) is 9.88 Å². The second-order valence-electron chi connectivity index (χ2n) is 5.50. The van der Waals surface area contributed by atoms with Crippen LogP contribution in [-0.4, -0.2) is 28.9 Å². The van der Waals surface area contributed by atoms with Crippen LogP contribution < -0.4 is 11.3 Å². The van der Waals surface area contributed by atoms with Crippen molar-refractivity contribution in [2.24, 2.45) is 11.3 Å². The smallest absolute Gasteiger partial charge is 0.257 e. The van der Waals surface area contributed by atoms with E-state index >= 15 is 0 Å². The number of nitrogens with one attached hydrogen (secondary N) is 1. The molecule has 5 heteroatoms. The van der Waals surface area contributed by atoms with E-state index < -0.39 is 0 Å². The summed E-state index contributed by atoms with van der Waals surface area (Å²) in [4.78, 5) is 18.4. The molecule has 1 aromatic rings. The average Bonchev–Trinajstić information content (AvgIpc) is 2.47. The van der Waals surface area contributed by atoms with Gasteiger partial charge in [0.1, 0.15) is 0 Å². The molecule has 0 atom stereocenters. The molecule has 1 saturated heterocycles. The number of nitrogens with zero attached hydrogens (tertiary/aromatic N) is 2. The van der Waals surface area contributed by atoms with Gasteiger partial charge in [-0.1, -0.05) is 20.3 Å². The number of likely N-dealkylation sites (tertiary alicyclic amines) is 1. The van der Waals surface area contributed by atoms with Gasteiger partial charge in [0, 0.05) is 19.3 Å². The third kappa shape index (κ3) is 2.87. The number of rotatable bonds is 3. The minimum atomic E-state index is 0.0132. The number of nitrogen functional groups attached to an aromatic ring is 1. The van der Waals surface area contributed by atoms with Gasteiger partial charge in [-0.2, -0.15) is 0 Å². The molecule has 3 N–H and O–H groups in total. The standard InChI is InChI=1S/C14H22N4O/c1-3-14(2)6-9-18(10-7-14)13(19)11-5-4-8-16-12(11)17-15/h4-5,8H,3,6-7,9-10,15H2,1-2H3,(H,16,17). The first kappa shape index (κ1) is 13.8. The van der Waals surface area contributed by atoms with Crippen LogP contribution >= 0.6 is 0 Å². The van der Waals surface area contributed by atoms with Gasteiger partial charge in [-0.25, -0.2) is 10.8 Å². The molecule has 19 heavy (non-hydrogen) atoms. The van der Waals surface area contributed by atoms with Crippen molar-refractivity contribution in [1.29, 1.82) is 0 Å². The van der Waals surface area contributed by atoms with Crippen LogP contribution in [0.5, 0.6) is 0 Å². The van der Waals surface area contributed by atoms with Gasteiger partial charge in [0.2, 0.25) is 0 Å². The summed E-state index contributed by atoms with van der Waals surface area (Å²) in [6.45, 7) is 6.13. The van der Waals surface area contributed by atoms with Gasteiger partial charge in [0.25, 0.3) is 5.91 Å². The molecule has 1 aliphatic rings. The van der Waals surface area contributed by atoms with Gasteiger partial charge < -0.3 is 10.3 Å². The normalized spacial score (nSPS) is 18.2. The van der Waals surface area contributed by atoms with Gasteiger partial charge in [-0.15, -0.1) is 0 Å². The molecule has 0 saturated carbocycles. The molecule has 1 fully saturated rings. The average molecular weight is 262 g/mol. The highest BCUT2D eigenvalue weighted by Gasteiger charge is 2.31. The number of piperidine rings is 1. The molecule has 2 heterocycles. The molecule has 0 unspecified atom stereocenters. The first-order valence-corrected chi connectivity index (χ1v) is 6.80. The Hall–Kier alpha value is -1.62. The number of carbonyl (C=O) groups excluding carboxylic acids is 1. The summed E-state index contributed by atoms with van der Waals surface area (Å²) in [5, 5.41) is 0. The largest absolute Gasteiger partial charge is 0.338 e. The van der Waals surface area contributed by atoms with Crippen LogP contribution in [0.4, 0.5) is 5.82 Å². The Balaban J connectivity index is 2.09. The van der Waals surface area contributed by atoms with Gasteiger partial charge in [-0.05, 0) is 30.4 Å². The van der Waals surface area contributed by atoms with E-state index in [2.05, 4.69) is 24.3 Å². The lowest BCUT2D eigenvalue weighted by atomic mass is 9.78. The lowest BCUT2D eigenvalue weighted by Crippen LogP contribution is -2.42. The number of hydrogen-bond acceptors (Lipinski definition) is 4. The highest BCUT2D eigenvalue weighted by atomic mass is 16.2. The zero-order valence-electron chi connectivity index (χ0n) is 11.6. The lowest BCUT2D eigenvalue weighted by Gasteiger charge is -2.39. The molecule has 2 rings (SSSR count). The maximum atomic E-state index is 12.5. The Morgan fingerprint density at radius 3 is 2.79 bits per heavy atom. The van der Waals surface area contributed by atoms with E-state index in [1.807, 2.05) is 4.90 Å². The molecule has 0 aliphatic carbocycles. The van der Waals surface area contributed by atoms with Crippen LogP contribution in [0.1, 0.15) is 43.5 Å². The lowest BCUT2D eigenvalue weighted by molar-refractivity contribution is 0.0601. The summed E-state index contributed by atoms with van der Waals surface area (Å²) in [5.41, 5.74) is 3.41. The fourth-order valence-electron chi connectivity index (χ4n) is 2.47. The third-order valence-electron chi connectivity index (χ3n) is 4.29. The Morgan fingerprint density at radius 2 is 2.21 bits per heavy atom. The molecular formula is C14H22N4O. The number of carbonyl (C=O) groups is 1. The molecule has 0 radical (unpaired) electrons.